The van der Waals surface area contributed by atoms with Crippen molar-refractivity contribution in [1.82, 2.24) is 4.98 Å². The number of hydrogen-bond acceptors (Lipinski definition) is 4. The van der Waals surface area contributed by atoms with Crippen LogP contribution in [0.5, 0.6) is 11.5 Å². The van der Waals surface area contributed by atoms with E-state index in [2.05, 4.69) is 16.4 Å². The Balaban J connectivity index is 1.71. The Morgan fingerprint density at radius 3 is 2.48 bits per heavy atom. The first kappa shape index (κ1) is 14.6. The van der Waals surface area contributed by atoms with Gasteiger partial charge in [-0.15, -0.1) is 0 Å². The second kappa shape index (κ2) is 7.10. The highest BCUT2D eigenvalue weighted by atomic mass is 16.5. The Labute approximate surface area is 135 Å². The number of aromatic nitrogens is 1. The summed E-state index contributed by atoms with van der Waals surface area (Å²) >= 11 is 0. The van der Waals surface area contributed by atoms with Crippen molar-refractivity contribution in [3.8, 4) is 17.6 Å². The largest absolute Gasteiger partial charge is 0.457 e. The topological polar surface area (TPSA) is 57.9 Å². The molecular formula is C19H15N3O. The van der Waals surface area contributed by atoms with Crippen molar-refractivity contribution in [3.05, 3.63) is 84.1 Å². The van der Waals surface area contributed by atoms with Gasteiger partial charge in [0.25, 0.3) is 0 Å². The number of rotatable bonds is 5. The van der Waals surface area contributed by atoms with Crippen LogP contribution in [-0.2, 0) is 6.54 Å². The van der Waals surface area contributed by atoms with Gasteiger partial charge in [-0.1, -0.05) is 36.4 Å². The Bertz CT molecular complexity index is 808. The minimum Gasteiger partial charge on any atom is -0.457 e. The molecule has 0 spiro atoms. The summed E-state index contributed by atoms with van der Waals surface area (Å²) in [5.41, 5.74) is 1.57. The first-order chi connectivity index (χ1) is 11.3. The van der Waals surface area contributed by atoms with Gasteiger partial charge in [0.05, 0.1) is 5.56 Å². The zero-order valence-electron chi connectivity index (χ0n) is 12.4. The molecule has 2 aromatic carbocycles. The maximum Gasteiger partial charge on any atom is 0.132 e. The van der Waals surface area contributed by atoms with E-state index in [4.69, 9.17) is 10.00 Å². The Kier molecular flexibility index (Phi) is 4.51. The van der Waals surface area contributed by atoms with Crippen LogP contribution >= 0.6 is 0 Å². The quantitative estimate of drug-likeness (QED) is 0.760. The van der Waals surface area contributed by atoms with E-state index in [1.807, 2.05) is 54.6 Å². The smallest absolute Gasteiger partial charge is 0.132 e. The summed E-state index contributed by atoms with van der Waals surface area (Å²) in [6.07, 6.45) is 1.55. The molecule has 0 unspecified atom stereocenters. The predicted octanol–water partition coefficient (Wildman–Crippen LogP) is 4.36. The molecule has 0 radical (unpaired) electrons. The van der Waals surface area contributed by atoms with Gasteiger partial charge >= 0.3 is 0 Å². The summed E-state index contributed by atoms with van der Waals surface area (Å²) in [6.45, 7) is 0.585. The molecule has 3 aromatic rings. The number of ether oxygens (including phenoxy) is 1. The third kappa shape index (κ3) is 3.86. The van der Waals surface area contributed by atoms with Gasteiger partial charge in [-0.25, -0.2) is 4.98 Å². The first-order valence-electron chi connectivity index (χ1n) is 7.26. The monoisotopic (exact) mass is 301 g/mol. The third-order valence-corrected chi connectivity index (χ3v) is 3.30. The van der Waals surface area contributed by atoms with Crippen molar-refractivity contribution in [2.24, 2.45) is 0 Å². The van der Waals surface area contributed by atoms with Crippen molar-refractivity contribution < 1.29 is 4.74 Å². The summed E-state index contributed by atoms with van der Waals surface area (Å²) in [7, 11) is 0. The van der Waals surface area contributed by atoms with E-state index in [0.29, 0.717) is 12.1 Å². The normalized spacial score (nSPS) is 9.87. The molecule has 0 atom stereocenters. The molecule has 1 N–H and O–H groups in total. The maximum absolute atomic E-state index is 8.79. The number of nitrogens with one attached hydrogen (secondary N) is 1. The molecule has 0 fully saturated rings. The molecular weight excluding hydrogens is 286 g/mol. The summed E-state index contributed by atoms with van der Waals surface area (Å²) in [4.78, 5) is 4.20. The molecule has 4 heteroatoms. The van der Waals surface area contributed by atoms with Crippen LogP contribution in [-0.4, -0.2) is 4.98 Å². The van der Waals surface area contributed by atoms with Crippen molar-refractivity contribution >= 4 is 5.82 Å². The number of nitriles is 1. The SMILES string of the molecule is N#Cc1ccc(NCc2ccccc2Oc2ccccc2)nc1. The van der Waals surface area contributed by atoms with Gasteiger partial charge in [0, 0.05) is 18.3 Å². The fraction of sp³-hybridized carbons (Fsp3) is 0.0526. The molecule has 0 bridgehead atoms. The van der Waals surface area contributed by atoms with Crippen LogP contribution in [0, 0.1) is 11.3 Å². The lowest BCUT2D eigenvalue weighted by Gasteiger charge is -2.12. The number of anilines is 1. The molecule has 0 saturated carbocycles. The Morgan fingerprint density at radius 2 is 1.74 bits per heavy atom. The number of hydrogen-bond donors (Lipinski definition) is 1. The van der Waals surface area contributed by atoms with Gasteiger partial charge in [-0.2, -0.15) is 5.26 Å². The molecule has 4 nitrogen and oxygen atoms in total. The minimum atomic E-state index is 0.545. The fourth-order valence-electron chi connectivity index (χ4n) is 2.12. The van der Waals surface area contributed by atoms with Crippen LogP contribution in [0.25, 0.3) is 0 Å². The highest BCUT2D eigenvalue weighted by molar-refractivity contribution is 5.43. The molecule has 0 aliphatic rings. The number of benzene rings is 2. The van der Waals surface area contributed by atoms with E-state index in [0.717, 1.165) is 22.9 Å². The van der Waals surface area contributed by atoms with Gasteiger partial charge < -0.3 is 10.1 Å². The van der Waals surface area contributed by atoms with Crippen LogP contribution in [0.15, 0.2) is 72.9 Å². The van der Waals surface area contributed by atoms with E-state index >= 15 is 0 Å². The zero-order valence-corrected chi connectivity index (χ0v) is 12.4. The molecule has 1 heterocycles. The van der Waals surface area contributed by atoms with Crippen LogP contribution in [0.2, 0.25) is 0 Å². The van der Waals surface area contributed by atoms with Crippen LogP contribution in [0.4, 0.5) is 5.82 Å². The van der Waals surface area contributed by atoms with Gasteiger partial charge in [0.1, 0.15) is 23.4 Å². The van der Waals surface area contributed by atoms with Crippen LogP contribution in [0.1, 0.15) is 11.1 Å². The van der Waals surface area contributed by atoms with Crippen LogP contribution in [0.3, 0.4) is 0 Å². The van der Waals surface area contributed by atoms with Gasteiger partial charge in [-0.05, 0) is 30.3 Å². The number of nitrogens with zero attached hydrogens (tertiary/aromatic N) is 2. The minimum absolute atomic E-state index is 0.545. The van der Waals surface area contributed by atoms with E-state index in [1.165, 1.54) is 0 Å². The van der Waals surface area contributed by atoms with Gasteiger partial charge in [-0.3, -0.25) is 0 Å². The summed E-state index contributed by atoms with van der Waals surface area (Å²) in [5, 5.41) is 12.0. The lowest BCUT2D eigenvalue weighted by atomic mass is 10.2. The second-order valence-electron chi connectivity index (χ2n) is 4.92. The van der Waals surface area contributed by atoms with E-state index in [-0.39, 0.29) is 0 Å². The lowest BCUT2D eigenvalue weighted by Crippen LogP contribution is -2.02. The molecule has 0 saturated heterocycles. The number of para-hydroxylation sites is 2. The van der Waals surface area contributed by atoms with Crippen LogP contribution < -0.4 is 10.1 Å². The molecule has 1 aromatic heterocycles. The summed E-state index contributed by atoms with van der Waals surface area (Å²) in [5.74, 6) is 2.33. The third-order valence-electron chi connectivity index (χ3n) is 3.30. The van der Waals surface area contributed by atoms with E-state index < -0.39 is 0 Å². The van der Waals surface area contributed by atoms with Crippen molar-refractivity contribution in [1.29, 1.82) is 5.26 Å². The van der Waals surface area contributed by atoms with Crippen molar-refractivity contribution in [3.63, 3.8) is 0 Å². The van der Waals surface area contributed by atoms with Gasteiger partial charge in [0.15, 0.2) is 0 Å². The predicted molar refractivity (Wildman–Crippen MR) is 89.2 cm³/mol. The average Bonchev–Trinajstić information content (AvgIpc) is 2.62. The Hall–Kier alpha value is -3.32. The lowest BCUT2D eigenvalue weighted by molar-refractivity contribution is 0.477. The van der Waals surface area contributed by atoms with Crippen molar-refractivity contribution in [2.45, 2.75) is 6.54 Å². The highest BCUT2D eigenvalue weighted by Crippen LogP contribution is 2.25. The Morgan fingerprint density at radius 1 is 0.957 bits per heavy atom. The fourth-order valence-corrected chi connectivity index (χ4v) is 2.12. The molecule has 23 heavy (non-hydrogen) atoms. The zero-order chi connectivity index (χ0) is 15.9. The maximum atomic E-state index is 8.79. The average molecular weight is 301 g/mol. The molecule has 112 valence electrons. The first-order valence-corrected chi connectivity index (χ1v) is 7.26. The molecule has 0 aliphatic carbocycles. The second-order valence-corrected chi connectivity index (χ2v) is 4.92. The highest BCUT2D eigenvalue weighted by Gasteiger charge is 2.04. The molecule has 3 rings (SSSR count). The molecule has 0 aliphatic heterocycles. The van der Waals surface area contributed by atoms with E-state index in [1.54, 1.807) is 18.3 Å². The summed E-state index contributed by atoms with van der Waals surface area (Å²) < 4.78 is 5.93. The molecule has 0 amide bonds. The van der Waals surface area contributed by atoms with Gasteiger partial charge in [0.2, 0.25) is 0 Å². The number of pyridine rings is 1. The summed E-state index contributed by atoms with van der Waals surface area (Å²) in [6, 6.07) is 23.1. The standard InChI is InChI=1S/C19H15N3O/c20-12-15-10-11-19(21-13-15)22-14-16-6-4-5-9-18(16)23-17-7-2-1-3-8-17/h1-11,13H,14H2,(H,21,22). The van der Waals surface area contributed by atoms with Crippen molar-refractivity contribution in [2.75, 3.05) is 5.32 Å². The van der Waals surface area contributed by atoms with E-state index in [9.17, 15) is 0 Å².